The molecule has 0 aliphatic carbocycles. The van der Waals surface area contributed by atoms with Gasteiger partial charge in [-0.2, -0.15) is 0 Å². The van der Waals surface area contributed by atoms with Gasteiger partial charge in [-0.05, 0) is 36.4 Å². The lowest BCUT2D eigenvalue weighted by molar-refractivity contribution is -0.114. The predicted molar refractivity (Wildman–Crippen MR) is 126 cm³/mol. The number of sulfonamides is 1. The van der Waals surface area contributed by atoms with Crippen LogP contribution in [0.25, 0.3) is 0 Å². The van der Waals surface area contributed by atoms with E-state index in [-0.39, 0.29) is 26.4 Å². The number of carbonyl (C=O) groups is 1. The van der Waals surface area contributed by atoms with E-state index in [1.807, 2.05) is 0 Å². The Hall–Kier alpha value is -2.94. The van der Waals surface area contributed by atoms with Crippen LogP contribution in [-0.2, 0) is 14.8 Å². The van der Waals surface area contributed by atoms with E-state index in [4.69, 9.17) is 32.7 Å². The lowest BCUT2D eigenvalue weighted by Gasteiger charge is -2.24. The Morgan fingerprint density at radius 2 is 1.53 bits per heavy atom. The van der Waals surface area contributed by atoms with E-state index < -0.39 is 22.5 Å². The summed E-state index contributed by atoms with van der Waals surface area (Å²) < 4.78 is 38.4. The van der Waals surface area contributed by atoms with Crippen molar-refractivity contribution < 1.29 is 22.7 Å². The topological polar surface area (TPSA) is 84.9 Å². The summed E-state index contributed by atoms with van der Waals surface area (Å²) in [7, 11) is -1.29. The molecule has 0 heterocycles. The minimum atomic E-state index is -4.15. The van der Waals surface area contributed by atoms with Gasteiger partial charge in [0.15, 0.2) is 11.5 Å². The molecule has 1 N–H and O–H groups in total. The van der Waals surface area contributed by atoms with Crippen LogP contribution >= 0.6 is 23.2 Å². The molecule has 0 aliphatic rings. The molecule has 7 nitrogen and oxygen atoms in total. The standard InChI is InChI=1S/C22H20Cl2N2O5S/c1-30-19-12-11-16(13-20(19)31-2)32(28,29)26(15-7-4-3-5-8-15)14-21(27)25-22-17(23)9-6-10-18(22)24/h3-13H,14H2,1-2H3,(H,25,27). The van der Waals surface area contributed by atoms with Gasteiger partial charge in [0.2, 0.25) is 5.91 Å². The molecule has 32 heavy (non-hydrogen) atoms. The van der Waals surface area contributed by atoms with Crippen molar-refractivity contribution in [1.82, 2.24) is 0 Å². The fourth-order valence-corrected chi connectivity index (χ4v) is 4.87. The second kappa shape index (κ2) is 10.1. The summed E-state index contributed by atoms with van der Waals surface area (Å²) in [6.45, 7) is -0.512. The molecule has 0 aliphatic heterocycles. The Bertz CT molecular complexity index is 1200. The fraction of sp³-hybridized carbons (Fsp3) is 0.136. The van der Waals surface area contributed by atoms with Gasteiger partial charge in [-0.25, -0.2) is 8.42 Å². The Kier molecular flexibility index (Phi) is 7.50. The minimum Gasteiger partial charge on any atom is -0.493 e. The molecule has 3 aromatic rings. The normalized spacial score (nSPS) is 11.0. The zero-order valence-corrected chi connectivity index (χ0v) is 19.5. The molecule has 0 saturated heterocycles. The highest BCUT2D eigenvalue weighted by molar-refractivity contribution is 7.92. The number of carbonyl (C=O) groups excluding carboxylic acids is 1. The van der Waals surface area contributed by atoms with Gasteiger partial charge in [-0.1, -0.05) is 47.5 Å². The first-order chi connectivity index (χ1) is 15.3. The number of anilines is 2. The van der Waals surface area contributed by atoms with Gasteiger partial charge < -0.3 is 14.8 Å². The number of rotatable bonds is 8. The van der Waals surface area contributed by atoms with Crippen LogP contribution in [-0.4, -0.2) is 35.1 Å². The summed E-state index contributed by atoms with van der Waals surface area (Å²) in [4.78, 5) is 12.8. The second-order valence-electron chi connectivity index (χ2n) is 6.51. The average Bonchev–Trinajstić information content (AvgIpc) is 2.80. The van der Waals surface area contributed by atoms with Crippen molar-refractivity contribution in [3.63, 3.8) is 0 Å². The third kappa shape index (κ3) is 5.09. The van der Waals surface area contributed by atoms with Gasteiger partial charge in [0.1, 0.15) is 6.54 Å². The Balaban J connectivity index is 1.99. The maximum absolute atomic E-state index is 13.5. The first-order valence-corrected chi connectivity index (χ1v) is 11.5. The number of ether oxygens (including phenoxy) is 2. The number of benzene rings is 3. The van der Waals surface area contributed by atoms with Crippen molar-refractivity contribution in [1.29, 1.82) is 0 Å². The largest absolute Gasteiger partial charge is 0.493 e. The summed E-state index contributed by atoms with van der Waals surface area (Å²) >= 11 is 12.2. The summed E-state index contributed by atoms with van der Waals surface area (Å²) in [5, 5.41) is 3.06. The van der Waals surface area contributed by atoms with E-state index in [0.717, 1.165) is 4.31 Å². The highest BCUT2D eigenvalue weighted by Gasteiger charge is 2.28. The molecule has 0 fully saturated rings. The molecule has 0 atom stereocenters. The molecule has 10 heteroatoms. The highest BCUT2D eigenvalue weighted by atomic mass is 35.5. The molecule has 0 spiro atoms. The van der Waals surface area contributed by atoms with E-state index >= 15 is 0 Å². The van der Waals surface area contributed by atoms with Gasteiger partial charge in [0.05, 0.1) is 40.5 Å². The minimum absolute atomic E-state index is 0.0671. The summed E-state index contributed by atoms with van der Waals surface area (Å²) in [5.41, 5.74) is 0.514. The number of amides is 1. The SMILES string of the molecule is COc1ccc(S(=O)(=O)N(CC(=O)Nc2c(Cl)cccc2Cl)c2ccccc2)cc1OC. The molecule has 0 saturated carbocycles. The van der Waals surface area contributed by atoms with Crippen molar-refractivity contribution in [2.75, 3.05) is 30.4 Å². The predicted octanol–water partition coefficient (Wildman–Crippen LogP) is 4.84. The van der Waals surface area contributed by atoms with Crippen LogP contribution in [0.1, 0.15) is 0 Å². The first-order valence-electron chi connectivity index (χ1n) is 9.31. The number of nitrogens with zero attached hydrogens (tertiary/aromatic N) is 1. The molecule has 0 radical (unpaired) electrons. The van der Waals surface area contributed by atoms with Gasteiger partial charge in [0, 0.05) is 6.07 Å². The summed E-state index contributed by atoms with van der Waals surface area (Å²) in [6.07, 6.45) is 0. The molecular weight excluding hydrogens is 475 g/mol. The van der Waals surface area contributed by atoms with E-state index in [1.165, 1.54) is 32.4 Å². The van der Waals surface area contributed by atoms with Crippen LogP contribution in [0, 0.1) is 0 Å². The van der Waals surface area contributed by atoms with Crippen molar-refractivity contribution >= 4 is 50.5 Å². The molecule has 1 amide bonds. The third-order valence-electron chi connectivity index (χ3n) is 4.50. The first kappa shape index (κ1) is 23.7. The molecular formula is C22H20Cl2N2O5S. The van der Waals surface area contributed by atoms with Crippen LogP contribution in [0.5, 0.6) is 11.5 Å². The quantitative estimate of drug-likeness (QED) is 0.483. The Morgan fingerprint density at radius 3 is 2.12 bits per heavy atom. The van der Waals surface area contributed by atoms with Crippen molar-refractivity contribution in [3.8, 4) is 11.5 Å². The van der Waals surface area contributed by atoms with Crippen LogP contribution in [0.3, 0.4) is 0 Å². The third-order valence-corrected chi connectivity index (χ3v) is 6.90. The smallest absolute Gasteiger partial charge is 0.264 e. The number of hydrogen-bond donors (Lipinski definition) is 1. The van der Waals surface area contributed by atoms with E-state index in [0.29, 0.717) is 11.4 Å². The molecule has 0 unspecified atom stereocenters. The Morgan fingerprint density at radius 1 is 0.906 bits per heavy atom. The van der Waals surface area contributed by atoms with Gasteiger partial charge in [0.25, 0.3) is 10.0 Å². The van der Waals surface area contributed by atoms with Gasteiger partial charge in [-0.15, -0.1) is 0 Å². The number of methoxy groups -OCH3 is 2. The molecule has 3 aromatic carbocycles. The lowest BCUT2D eigenvalue weighted by Crippen LogP contribution is -2.38. The van der Waals surface area contributed by atoms with Gasteiger partial charge in [-0.3, -0.25) is 9.10 Å². The molecule has 0 aromatic heterocycles. The number of halogens is 2. The van der Waals surface area contributed by atoms with Crippen molar-refractivity contribution in [2.24, 2.45) is 0 Å². The van der Waals surface area contributed by atoms with Gasteiger partial charge >= 0.3 is 0 Å². The molecule has 3 rings (SSSR count). The van der Waals surface area contributed by atoms with E-state index in [9.17, 15) is 13.2 Å². The number of nitrogens with one attached hydrogen (secondary N) is 1. The van der Waals surface area contributed by atoms with E-state index in [2.05, 4.69) is 5.32 Å². The zero-order chi connectivity index (χ0) is 23.3. The Labute approximate surface area is 196 Å². The number of hydrogen-bond acceptors (Lipinski definition) is 5. The summed E-state index contributed by atoms with van der Waals surface area (Å²) in [6, 6.07) is 17.3. The van der Waals surface area contributed by atoms with E-state index in [1.54, 1.807) is 48.5 Å². The maximum Gasteiger partial charge on any atom is 0.264 e. The fourth-order valence-electron chi connectivity index (χ4n) is 2.94. The summed E-state index contributed by atoms with van der Waals surface area (Å²) in [5.74, 6) is 0.00519. The van der Waals surface area contributed by atoms with Crippen molar-refractivity contribution in [3.05, 3.63) is 76.8 Å². The molecule has 168 valence electrons. The maximum atomic E-state index is 13.5. The second-order valence-corrected chi connectivity index (χ2v) is 9.19. The van der Waals surface area contributed by atoms with Crippen LogP contribution in [0.2, 0.25) is 10.0 Å². The average molecular weight is 495 g/mol. The monoisotopic (exact) mass is 494 g/mol. The highest BCUT2D eigenvalue weighted by Crippen LogP contribution is 2.33. The van der Waals surface area contributed by atoms with Crippen LogP contribution in [0.4, 0.5) is 11.4 Å². The zero-order valence-electron chi connectivity index (χ0n) is 17.2. The number of para-hydroxylation sites is 2. The van der Waals surface area contributed by atoms with Crippen molar-refractivity contribution in [2.45, 2.75) is 4.90 Å². The molecule has 0 bridgehead atoms. The van der Waals surface area contributed by atoms with Crippen LogP contribution < -0.4 is 19.1 Å². The van der Waals surface area contributed by atoms with Crippen LogP contribution in [0.15, 0.2) is 71.6 Å². The lowest BCUT2D eigenvalue weighted by atomic mass is 10.3.